The van der Waals surface area contributed by atoms with Gasteiger partial charge in [0.1, 0.15) is 0 Å². The lowest BCUT2D eigenvalue weighted by Crippen LogP contribution is -2.32. The third-order valence-electron chi connectivity index (χ3n) is 6.00. The predicted octanol–water partition coefficient (Wildman–Crippen LogP) is 6.30. The van der Waals surface area contributed by atoms with Gasteiger partial charge in [0.25, 0.3) is 0 Å². The van der Waals surface area contributed by atoms with Gasteiger partial charge in [0.05, 0.1) is 10.2 Å². The van der Waals surface area contributed by atoms with Crippen molar-refractivity contribution in [3.8, 4) is 0 Å². The zero-order chi connectivity index (χ0) is 21.8. The van der Waals surface area contributed by atoms with Gasteiger partial charge in [-0.2, -0.15) is 0 Å². The van der Waals surface area contributed by atoms with Crippen LogP contribution >= 0.6 is 11.3 Å². The molecule has 162 valence electrons. The molecule has 1 amide bonds. The average Bonchev–Trinajstić information content (AvgIpc) is 3.15. The number of likely N-dealkylation sites (tertiary alicyclic amines) is 1. The van der Waals surface area contributed by atoms with Crippen molar-refractivity contribution in [2.24, 2.45) is 5.92 Å². The molecule has 0 bridgehead atoms. The van der Waals surface area contributed by atoms with Crippen molar-refractivity contribution >= 4 is 38.7 Å². The average molecular weight is 434 g/mol. The van der Waals surface area contributed by atoms with Crippen LogP contribution in [0.3, 0.4) is 0 Å². The molecule has 3 aromatic rings. The third kappa shape index (κ3) is 5.81. The van der Waals surface area contributed by atoms with Gasteiger partial charge in [0.15, 0.2) is 5.13 Å². The number of nitrogens with one attached hydrogen (secondary N) is 1. The highest BCUT2D eigenvalue weighted by Gasteiger charge is 2.16. The maximum atomic E-state index is 12.4. The first-order valence-electron chi connectivity index (χ1n) is 11.2. The van der Waals surface area contributed by atoms with Gasteiger partial charge < -0.3 is 0 Å². The Morgan fingerprint density at radius 1 is 1.19 bits per heavy atom. The SMILES string of the molecule is CC1CCN(Cc2ccc3nc(NC(=O)/C=C/c4ccc(C(C)C)cc4)sc3c2)CC1. The number of thiazole rings is 1. The molecule has 1 aromatic heterocycles. The fourth-order valence-corrected chi connectivity index (χ4v) is 4.84. The third-order valence-corrected chi connectivity index (χ3v) is 6.93. The summed E-state index contributed by atoms with van der Waals surface area (Å²) in [5.41, 5.74) is 4.56. The zero-order valence-corrected chi connectivity index (χ0v) is 19.4. The zero-order valence-electron chi connectivity index (χ0n) is 18.6. The minimum Gasteiger partial charge on any atom is -0.299 e. The van der Waals surface area contributed by atoms with E-state index in [0.717, 1.165) is 28.2 Å². The molecule has 0 unspecified atom stereocenters. The van der Waals surface area contributed by atoms with E-state index >= 15 is 0 Å². The second kappa shape index (κ2) is 9.75. The number of hydrogen-bond donors (Lipinski definition) is 1. The molecule has 1 aliphatic rings. The van der Waals surface area contributed by atoms with Crippen molar-refractivity contribution in [2.75, 3.05) is 18.4 Å². The van der Waals surface area contributed by atoms with Gasteiger partial charge in [-0.15, -0.1) is 0 Å². The van der Waals surface area contributed by atoms with Crippen molar-refractivity contribution in [1.29, 1.82) is 0 Å². The number of aromatic nitrogens is 1. The van der Waals surface area contributed by atoms with Gasteiger partial charge in [0.2, 0.25) is 5.91 Å². The van der Waals surface area contributed by atoms with Crippen LogP contribution in [0.5, 0.6) is 0 Å². The van der Waals surface area contributed by atoms with Gasteiger partial charge in [-0.3, -0.25) is 15.0 Å². The Labute approximate surface area is 189 Å². The summed E-state index contributed by atoms with van der Waals surface area (Å²) in [5.74, 6) is 1.19. The van der Waals surface area contributed by atoms with Crippen LogP contribution < -0.4 is 5.32 Å². The number of fused-ring (bicyclic) bond motifs is 1. The lowest BCUT2D eigenvalue weighted by molar-refractivity contribution is -0.111. The fraction of sp³-hybridized carbons (Fsp3) is 0.385. The first-order valence-corrected chi connectivity index (χ1v) is 12.0. The second-order valence-electron chi connectivity index (χ2n) is 8.92. The van der Waals surface area contributed by atoms with Crippen molar-refractivity contribution in [3.63, 3.8) is 0 Å². The predicted molar refractivity (Wildman–Crippen MR) is 131 cm³/mol. The van der Waals surface area contributed by atoms with E-state index in [0.29, 0.717) is 11.0 Å². The number of anilines is 1. The van der Waals surface area contributed by atoms with Gasteiger partial charge in [-0.05, 0) is 72.7 Å². The number of carbonyl (C=O) groups is 1. The number of carbonyl (C=O) groups excluding carboxylic acids is 1. The highest BCUT2D eigenvalue weighted by Crippen LogP contribution is 2.28. The van der Waals surface area contributed by atoms with Gasteiger partial charge in [0, 0.05) is 12.6 Å². The normalized spacial score (nSPS) is 15.9. The summed E-state index contributed by atoms with van der Waals surface area (Å²) in [5, 5.41) is 3.55. The Hall–Kier alpha value is -2.50. The number of nitrogens with zero attached hydrogens (tertiary/aromatic N) is 2. The molecule has 1 N–H and O–H groups in total. The molecule has 1 aliphatic heterocycles. The molecule has 2 heterocycles. The lowest BCUT2D eigenvalue weighted by Gasteiger charge is -2.30. The van der Waals surface area contributed by atoms with Crippen LogP contribution in [-0.2, 0) is 11.3 Å². The van der Waals surface area contributed by atoms with Crippen molar-refractivity contribution in [1.82, 2.24) is 9.88 Å². The van der Waals surface area contributed by atoms with E-state index in [1.165, 1.54) is 48.4 Å². The van der Waals surface area contributed by atoms with E-state index in [2.05, 4.69) is 66.3 Å². The van der Waals surface area contributed by atoms with E-state index in [9.17, 15) is 4.79 Å². The number of benzene rings is 2. The minimum atomic E-state index is -0.158. The van der Waals surface area contributed by atoms with Gasteiger partial charge in [-0.25, -0.2) is 4.98 Å². The molecule has 4 rings (SSSR count). The Balaban J connectivity index is 1.37. The minimum absolute atomic E-state index is 0.158. The van der Waals surface area contributed by atoms with Crippen LogP contribution in [0.15, 0.2) is 48.5 Å². The number of piperidine rings is 1. The van der Waals surface area contributed by atoms with Crippen LogP contribution in [0.4, 0.5) is 5.13 Å². The van der Waals surface area contributed by atoms with Crippen LogP contribution in [0.25, 0.3) is 16.3 Å². The Morgan fingerprint density at radius 2 is 1.94 bits per heavy atom. The van der Waals surface area contributed by atoms with Crippen molar-refractivity contribution in [3.05, 3.63) is 65.2 Å². The highest BCUT2D eigenvalue weighted by molar-refractivity contribution is 7.22. The monoisotopic (exact) mass is 433 g/mol. The first kappa shape index (κ1) is 21.7. The molecule has 1 fully saturated rings. The van der Waals surface area contributed by atoms with Gasteiger partial charge in [-0.1, -0.05) is 62.4 Å². The maximum Gasteiger partial charge on any atom is 0.250 e. The van der Waals surface area contributed by atoms with Crippen LogP contribution in [0.1, 0.15) is 56.2 Å². The molecule has 0 radical (unpaired) electrons. The Kier molecular flexibility index (Phi) is 6.83. The molecule has 31 heavy (non-hydrogen) atoms. The summed E-state index contributed by atoms with van der Waals surface area (Å²) < 4.78 is 1.12. The summed E-state index contributed by atoms with van der Waals surface area (Å²) in [4.78, 5) is 19.5. The Bertz CT molecular complexity index is 1060. The standard InChI is InChI=1S/C26H31N3OS/c1-18(2)22-8-4-20(5-9-22)7-11-25(30)28-26-27-23-10-6-21(16-24(23)31-26)17-29-14-12-19(3)13-15-29/h4-11,16,18-19H,12-15,17H2,1-3H3,(H,27,28,30)/b11-7+. The summed E-state index contributed by atoms with van der Waals surface area (Å²) in [6, 6.07) is 14.7. The molecule has 2 aromatic carbocycles. The van der Waals surface area contributed by atoms with E-state index in [-0.39, 0.29) is 5.91 Å². The number of rotatable bonds is 6. The smallest absolute Gasteiger partial charge is 0.250 e. The Morgan fingerprint density at radius 3 is 2.65 bits per heavy atom. The molecule has 5 heteroatoms. The number of amides is 1. The van der Waals surface area contributed by atoms with E-state index < -0.39 is 0 Å². The van der Waals surface area contributed by atoms with E-state index in [4.69, 9.17) is 0 Å². The maximum absolute atomic E-state index is 12.4. The summed E-state index contributed by atoms with van der Waals surface area (Å²) in [6.07, 6.45) is 5.98. The highest BCUT2D eigenvalue weighted by atomic mass is 32.1. The topological polar surface area (TPSA) is 45.2 Å². The molecule has 0 spiro atoms. The number of hydrogen-bond acceptors (Lipinski definition) is 4. The first-order chi connectivity index (χ1) is 15.0. The molecule has 1 saturated heterocycles. The molecule has 0 aliphatic carbocycles. The molecular formula is C26H31N3OS. The van der Waals surface area contributed by atoms with Crippen LogP contribution in [0.2, 0.25) is 0 Å². The fourth-order valence-electron chi connectivity index (χ4n) is 3.91. The summed E-state index contributed by atoms with van der Waals surface area (Å²) in [6.45, 7) is 10.0. The largest absolute Gasteiger partial charge is 0.299 e. The quantitative estimate of drug-likeness (QED) is 0.464. The van der Waals surface area contributed by atoms with Crippen LogP contribution in [0, 0.1) is 5.92 Å². The summed E-state index contributed by atoms with van der Waals surface area (Å²) in [7, 11) is 0. The van der Waals surface area contributed by atoms with Gasteiger partial charge >= 0.3 is 0 Å². The molecular weight excluding hydrogens is 402 g/mol. The molecule has 0 saturated carbocycles. The molecule has 4 nitrogen and oxygen atoms in total. The van der Waals surface area contributed by atoms with E-state index in [1.54, 1.807) is 6.08 Å². The van der Waals surface area contributed by atoms with E-state index in [1.807, 2.05) is 18.2 Å². The van der Waals surface area contributed by atoms with Crippen molar-refractivity contribution < 1.29 is 4.79 Å². The molecule has 0 atom stereocenters. The summed E-state index contributed by atoms with van der Waals surface area (Å²) >= 11 is 1.53. The lowest BCUT2D eigenvalue weighted by atomic mass is 9.99. The van der Waals surface area contributed by atoms with Crippen molar-refractivity contribution in [2.45, 2.75) is 46.1 Å². The van der Waals surface area contributed by atoms with Crippen LogP contribution in [-0.4, -0.2) is 28.9 Å². The second-order valence-corrected chi connectivity index (χ2v) is 9.95.